The summed E-state index contributed by atoms with van der Waals surface area (Å²) in [6, 6.07) is 0. The summed E-state index contributed by atoms with van der Waals surface area (Å²) in [6.45, 7) is 13.6. The van der Waals surface area contributed by atoms with Crippen LogP contribution in [0.4, 0.5) is 0 Å². The Hall–Kier alpha value is -1.74. The summed E-state index contributed by atoms with van der Waals surface area (Å²) >= 11 is 0. The highest BCUT2D eigenvalue weighted by atomic mass is 16.3. The van der Waals surface area contributed by atoms with Crippen molar-refractivity contribution >= 4 is 11.6 Å². The largest absolute Gasteiger partial charge is 0.382 e. The minimum Gasteiger partial charge on any atom is -0.382 e. The van der Waals surface area contributed by atoms with Gasteiger partial charge in [0, 0.05) is 23.5 Å². The van der Waals surface area contributed by atoms with Crippen LogP contribution in [0.2, 0.25) is 0 Å². The van der Waals surface area contributed by atoms with Crippen LogP contribution in [0, 0.1) is 17.8 Å². The minimum absolute atomic E-state index is 0.0306. The monoisotopic (exact) mass is 312 g/mol. The van der Waals surface area contributed by atoms with Crippen LogP contribution in [0.3, 0.4) is 0 Å². The molecule has 1 fully saturated rings. The van der Waals surface area contributed by atoms with Crippen LogP contribution in [-0.4, -0.2) is 22.3 Å². The molecule has 0 aromatic rings. The van der Waals surface area contributed by atoms with Crippen molar-refractivity contribution in [3.8, 4) is 0 Å². The number of Topliss-reactive ketones (excluding diaryl/α,β-unsaturated/α-hetero) is 2. The lowest BCUT2D eigenvalue weighted by atomic mass is 9.64. The molecule has 122 valence electrons. The van der Waals surface area contributed by atoms with Gasteiger partial charge in [-0.2, -0.15) is 0 Å². The van der Waals surface area contributed by atoms with E-state index in [0.717, 1.165) is 24.0 Å². The van der Waals surface area contributed by atoms with Crippen LogP contribution < -0.4 is 0 Å². The summed E-state index contributed by atoms with van der Waals surface area (Å²) in [5.41, 5.74) is 2.25. The molecule has 4 atom stereocenters. The maximum atomic E-state index is 12.8. The SMILES string of the molecule is C=C1CC[C@H](C(=C)C)[C@H]2C=C(C)C(=O)C3=C(C(=O)[C@](C)(O)C3)C12. The molecule has 0 amide bonds. The molecule has 1 unspecified atom stereocenters. The molecule has 0 aromatic carbocycles. The molecular formula is C20H24O3. The Labute approximate surface area is 137 Å². The van der Waals surface area contributed by atoms with Crippen molar-refractivity contribution in [3.63, 3.8) is 0 Å². The van der Waals surface area contributed by atoms with Gasteiger partial charge >= 0.3 is 0 Å². The second-order valence-electron chi connectivity index (χ2n) is 7.56. The second-order valence-corrected chi connectivity index (χ2v) is 7.56. The third-order valence-corrected chi connectivity index (χ3v) is 5.66. The van der Waals surface area contributed by atoms with Gasteiger partial charge < -0.3 is 5.11 Å². The quantitative estimate of drug-likeness (QED) is 0.756. The van der Waals surface area contributed by atoms with E-state index in [-0.39, 0.29) is 35.7 Å². The predicted octanol–water partition coefficient (Wildman–Crippen LogP) is 3.31. The molecule has 0 aromatic heterocycles. The van der Waals surface area contributed by atoms with Crippen LogP contribution in [0.1, 0.15) is 40.0 Å². The highest BCUT2D eigenvalue weighted by Gasteiger charge is 2.51. The van der Waals surface area contributed by atoms with Crippen molar-refractivity contribution in [2.75, 3.05) is 0 Å². The summed E-state index contributed by atoms with van der Waals surface area (Å²) < 4.78 is 0. The van der Waals surface area contributed by atoms with E-state index in [9.17, 15) is 14.7 Å². The molecule has 1 saturated carbocycles. The first kappa shape index (κ1) is 16.1. The predicted molar refractivity (Wildman–Crippen MR) is 89.7 cm³/mol. The fourth-order valence-electron chi connectivity index (χ4n) is 4.46. The first-order valence-corrected chi connectivity index (χ1v) is 8.21. The maximum Gasteiger partial charge on any atom is 0.191 e. The Morgan fingerprint density at radius 1 is 1.39 bits per heavy atom. The molecule has 3 aliphatic rings. The van der Waals surface area contributed by atoms with Gasteiger partial charge in [0.1, 0.15) is 5.60 Å². The molecule has 3 nitrogen and oxygen atoms in total. The molecular weight excluding hydrogens is 288 g/mol. The fourth-order valence-corrected chi connectivity index (χ4v) is 4.46. The van der Waals surface area contributed by atoms with E-state index in [1.54, 1.807) is 6.92 Å². The Bertz CT molecular complexity index is 702. The van der Waals surface area contributed by atoms with Gasteiger partial charge in [0.15, 0.2) is 11.6 Å². The maximum absolute atomic E-state index is 12.8. The van der Waals surface area contributed by atoms with Crippen LogP contribution in [0.15, 0.2) is 47.1 Å². The Kier molecular flexibility index (Phi) is 3.60. The average molecular weight is 312 g/mol. The van der Waals surface area contributed by atoms with Crippen LogP contribution in [0.5, 0.6) is 0 Å². The van der Waals surface area contributed by atoms with Crippen molar-refractivity contribution in [2.45, 2.75) is 45.6 Å². The third-order valence-electron chi connectivity index (χ3n) is 5.66. The van der Waals surface area contributed by atoms with Crippen molar-refractivity contribution in [3.05, 3.63) is 47.1 Å². The number of rotatable bonds is 1. The van der Waals surface area contributed by atoms with Gasteiger partial charge in [0.2, 0.25) is 0 Å². The van der Waals surface area contributed by atoms with E-state index in [1.165, 1.54) is 6.92 Å². The van der Waals surface area contributed by atoms with Gasteiger partial charge in [-0.15, -0.1) is 0 Å². The van der Waals surface area contributed by atoms with E-state index in [1.807, 2.05) is 13.0 Å². The van der Waals surface area contributed by atoms with Gasteiger partial charge in [-0.05, 0) is 51.0 Å². The Balaban J connectivity index is 2.21. The zero-order valence-corrected chi connectivity index (χ0v) is 14.1. The zero-order valence-electron chi connectivity index (χ0n) is 14.1. The molecule has 0 radical (unpaired) electrons. The van der Waals surface area contributed by atoms with E-state index in [2.05, 4.69) is 13.2 Å². The highest BCUT2D eigenvalue weighted by Crippen LogP contribution is 2.51. The van der Waals surface area contributed by atoms with Crippen LogP contribution >= 0.6 is 0 Å². The first-order chi connectivity index (χ1) is 10.6. The molecule has 3 aliphatic carbocycles. The number of carbonyl (C=O) groups is 2. The molecule has 3 rings (SSSR count). The van der Waals surface area contributed by atoms with Gasteiger partial charge in [-0.1, -0.05) is 30.4 Å². The van der Waals surface area contributed by atoms with Gasteiger partial charge in [-0.25, -0.2) is 0 Å². The number of allylic oxidation sites excluding steroid dienone is 4. The fraction of sp³-hybridized carbons (Fsp3) is 0.500. The molecule has 3 heteroatoms. The van der Waals surface area contributed by atoms with E-state index >= 15 is 0 Å². The lowest BCUT2D eigenvalue weighted by molar-refractivity contribution is -0.130. The van der Waals surface area contributed by atoms with E-state index in [0.29, 0.717) is 16.7 Å². The smallest absolute Gasteiger partial charge is 0.191 e. The number of hydrogen-bond donors (Lipinski definition) is 1. The molecule has 23 heavy (non-hydrogen) atoms. The third kappa shape index (κ3) is 2.29. The number of aliphatic hydroxyl groups is 1. The number of hydrogen-bond acceptors (Lipinski definition) is 3. The standard InChI is InChI=1S/C20H24O3/c1-10(2)13-7-6-11(3)16-14(13)8-12(4)18(21)15-9-20(5,23)19(22)17(15)16/h8,13-14,16,23H,1,3,6-7,9H2,2,4-5H3/t13-,14-,16?,20-/m1/s1. The number of ketones is 2. The topological polar surface area (TPSA) is 54.4 Å². The van der Waals surface area contributed by atoms with E-state index < -0.39 is 5.60 Å². The summed E-state index contributed by atoms with van der Waals surface area (Å²) in [6.07, 6.45) is 3.89. The second kappa shape index (κ2) is 5.13. The molecule has 0 aliphatic heterocycles. The zero-order chi connectivity index (χ0) is 17.1. The van der Waals surface area contributed by atoms with Crippen molar-refractivity contribution in [2.24, 2.45) is 17.8 Å². The Morgan fingerprint density at radius 2 is 2.04 bits per heavy atom. The number of fused-ring (bicyclic) bond motifs is 2. The van der Waals surface area contributed by atoms with Gasteiger partial charge in [0.05, 0.1) is 0 Å². The van der Waals surface area contributed by atoms with Crippen molar-refractivity contribution in [1.29, 1.82) is 0 Å². The molecule has 0 bridgehead atoms. The lowest BCUT2D eigenvalue weighted by Crippen LogP contribution is -2.37. The van der Waals surface area contributed by atoms with Crippen LogP contribution in [-0.2, 0) is 9.59 Å². The molecule has 0 heterocycles. The molecule has 0 saturated heterocycles. The van der Waals surface area contributed by atoms with Crippen molar-refractivity contribution in [1.82, 2.24) is 0 Å². The van der Waals surface area contributed by atoms with Gasteiger partial charge in [0.25, 0.3) is 0 Å². The molecule has 0 spiro atoms. The average Bonchev–Trinajstić information content (AvgIpc) is 2.62. The normalized spacial score (nSPS) is 37.3. The summed E-state index contributed by atoms with van der Waals surface area (Å²) in [4.78, 5) is 25.5. The van der Waals surface area contributed by atoms with Crippen LogP contribution in [0.25, 0.3) is 0 Å². The minimum atomic E-state index is -1.47. The Morgan fingerprint density at radius 3 is 2.65 bits per heavy atom. The first-order valence-electron chi connectivity index (χ1n) is 8.21. The van der Waals surface area contributed by atoms with Gasteiger partial charge in [-0.3, -0.25) is 9.59 Å². The summed E-state index contributed by atoms with van der Waals surface area (Å²) in [5.74, 6) is -0.318. The van der Waals surface area contributed by atoms with Crippen molar-refractivity contribution < 1.29 is 14.7 Å². The highest BCUT2D eigenvalue weighted by molar-refractivity contribution is 6.19. The summed E-state index contributed by atoms with van der Waals surface area (Å²) in [5, 5.41) is 10.4. The summed E-state index contributed by atoms with van der Waals surface area (Å²) in [7, 11) is 0. The number of carbonyl (C=O) groups excluding carboxylic acids is 2. The van der Waals surface area contributed by atoms with E-state index in [4.69, 9.17) is 0 Å². The lowest BCUT2D eigenvalue weighted by Gasteiger charge is -2.39. The molecule has 1 N–H and O–H groups in total.